The van der Waals surface area contributed by atoms with E-state index in [1.54, 1.807) is 0 Å². The van der Waals surface area contributed by atoms with Gasteiger partial charge in [-0.2, -0.15) is 0 Å². The van der Waals surface area contributed by atoms with Crippen LogP contribution in [0.15, 0.2) is 30.3 Å². The van der Waals surface area contributed by atoms with Gasteiger partial charge in [0, 0.05) is 12.5 Å². The average Bonchev–Trinajstić information content (AvgIpc) is 2.56. The summed E-state index contributed by atoms with van der Waals surface area (Å²) in [7, 11) is 0. The Labute approximate surface area is 138 Å². The van der Waals surface area contributed by atoms with Crippen LogP contribution < -0.4 is 16.0 Å². The number of carbonyl (C=O) groups excluding carboxylic acids is 2. The molecule has 0 radical (unpaired) electrons. The molecule has 4 N–H and O–H groups in total. The van der Waals surface area contributed by atoms with Crippen molar-refractivity contribution in [3.05, 3.63) is 35.9 Å². The van der Waals surface area contributed by atoms with Crippen LogP contribution in [0.5, 0.6) is 0 Å². The smallest absolute Gasteiger partial charge is 0.321 e. The molecule has 2 rings (SSSR count). The van der Waals surface area contributed by atoms with E-state index < -0.39 is 0 Å². The average molecular weight is 318 g/mol. The van der Waals surface area contributed by atoms with E-state index in [2.05, 4.69) is 22.8 Å². The van der Waals surface area contributed by atoms with Crippen molar-refractivity contribution in [2.24, 2.45) is 0 Å². The van der Waals surface area contributed by atoms with Gasteiger partial charge in [-0.25, -0.2) is 4.79 Å². The summed E-state index contributed by atoms with van der Waals surface area (Å²) in [5.41, 5.74) is 1.26. The third-order valence-corrected chi connectivity index (χ3v) is 4.39. The first kappa shape index (κ1) is 17.5. The zero-order chi connectivity index (χ0) is 16.5. The molecule has 0 unspecified atom stereocenters. The maximum atomic E-state index is 12.0. The zero-order valence-corrected chi connectivity index (χ0v) is 13.9. The summed E-state index contributed by atoms with van der Waals surface area (Å²) >= 11 is 0. The maximum absolute atomic E-state index is 12.0. The monoisotopic (exact) mass is 318 g/mol. The third-order valence-electron chi connectivity index (χ3n) is 4.39. The lowest BCUT2D eigenvalue weighted by molar-refractivity contribution is -0.673. The van der Waals surface area contributed by atoms with Gasteiger partial charge < -0.3 is 10.6 Å². The van der Waals surface area contributed by atoms with Gasteiger partial charge in [-0.1, -0.05) is 49.6 Å². The highest BCUT2D eigenvalue weighted by molar-refractivity contribution is 5.96. The Morgan fingerprint density at radius 3 is 2.57 bits per heavy atom. The topological polar surface area (TPSA) is 74.8 Å². The normalized spacial score (nSPS) is 16.6. The quantitative estimate of drug-likeness (QED) is 0.740. The molecular weight excluding hydrogens is 290 g/mol. The van der Waals surface area contributed by atoms with Crippen LogP contribution in [0.4, 0.5) is 4.79 Å². The summed E-state index contributed by atoms with van der Waals surface area (Å²) in [5, 5.41) is 7.33. The van der Waals surface area contributed by atoms with E-state index >= 15 is 0 Å². The van der Waals surface area contributed by atoms with Gasteiger partial charge in [0.2, 0.25) is 0 Å². The van der Waals surface area contributed by atoms with E-state index in [0.717, 1.165) is 38.6 Å². The first-order chi connectivity index (χ1) is 11.1. The van der Waals surface area contributed by atoms with Crippen molar-refractivity contribution in [1.29, 1.82) is 0 Å². The van der Waals surface area contributed by atoms with Gasteiger partial charge >= 0.3 is 6.03 Å². The molecule has 0 aromatic heterocycles. The molecule has 3 amide bonds. The number of rotatable bonds is 6. The lowest BCUT2D eigenvalue weighted by Gasteiger charge is -2.22. The maximum Gasteiger partial charge on any atom is 0.321 e. The second-order valence-corrected chi connectivity index (χ2v) is 6.35. The molecule has 0 heterocycles. The van der Waals surface area contributed by atoms with Crippen molar-refractivity contribution in [2.75, 3.05) is 6.54 Å². The highest BCUT2D eigenvalue weighted by Gasteiger charge is 2.21. The number of hydrogen-bond donors (Lipinski definition) is 3. The standard InChI is InChI=1S/C18H27N3O2/c1-14(19-13-12-15-8-4-2-5-9-15)17(22)21-18(23)20-16-10-6-3-7-11-16/h2,4-5,8-9,14,16,19H,3,6-7,10-13H2,1H3,(H2,20,21,22,23)/p+1/t14-/m0/s1. The van der Waals surface area contributed by atoms with Gasteiger partial charge in [0.15, 0.2) is 6.04 Å². The van der Waals surface area contributed by atoms with Crippen molar-refractivity contribution < 1.29 is 14.9 Å². The van der Waals surface area contributed by atoms with E-state index in [1.807, 2.05) is 30.4 Å². The van der Waals surface area contributed by atoms with Crippen LogP contribution in [-0.4, -0.2) is 30.6 Å². The van der Waals surface area contributed by atoms with Crippen LogP contribution in [0.1, 0.15) is 44.6 Å². The molecule has 1 aliphatic rings. The first-order valence-corrected chi connectivity index (χ1v) is 8.64. The molecule has 1 aliphatic carbocycles. The summed E-state index contributed by atoms with van der Waals surface area (Å²) in [6.07, 6.45) is 6.49. The minimum atomic E-state index is -0.356. The summed E-state index contributed by atoms with van der Waals surface area (Å²) in [5.74, 6) is -0.230. The van der Waals surface area contributed by atoms with Gasteiger partial charge in [-0.05, 0) is 25.3 Å². The molecule has 0 aliphatic heterocycles. The number of carbonyl (C=O) groups is 2. The Balaban J connectivity index is 1.64. The minimum absolute atomic E-state index is 0.217. The Kier molecular flexibility index (Phi) is 7.07. The number of nitrogens with two attached hydrogens (primary N) is 1. The Morgan fingerprint density at radius 2 is 1.87 bits per heavy atom. The fourth-order valence-electron chi connectivity index (χ4n) is 2.95. The number of benzene rings is 1. The van der Waals surface area contributed by atoms with Crippen LogP contribution in [0.3, 0.4) is 0 Å². The first-order valence-electron chi connectivity index (χ1n) is 8.64. The van der Waals surface area contributed by atoms with Crippen LogP contribution in [0, 0.1) is 0 Å². The van der Waals surface area contributed by atoms with Crippen LogP contribution in [0.25, 0.3) is 0 Å². The molecule has 1 aromatic carbocycles. The Hall–Kier alpha value is -1.88. The number of quaternary nitrogens is 1. The Morgan fingerprint density at radius 1 is 1.17 bits per heavy atom. The summed E-state index contributed by atoms with van der Waals surface area (Å²) in [4.78, 5) is 23.9. The van der Waals surface area contributed by atoms with Gasteiger partial charge in [0.1, 0.15) is 0 Å². The van der Waals surface area contributed by atoms with Crippen molar-refractivity contribution in [3.8, 4) is 0 Å². The van der Waals surface area contributed by atoms with E-state index in [1.165, 1.54) is 12.0 Å². The molecular formula is C18H28N3O2+. The van der Waals surface area contributed by atoms with E-state index in [-0.39, 0.29) is 24.0 Å². The molecule has 126 valence electrons. The molecule has 1 saturated carbocycles. The minimum Gasteiger partial charge on any atom is -0.336 e. The number of imide groups is 1. The number of hydrogen-bond acceptors (Lipinski definition) is 2. The van der Waals surface area contributed by atoms with Gasteiger partial charge in [0.05, 0.1) is 6.54 Å². The van der Waals surface area contributed by atoms with Crippen molar-refractivity contribution >= 4 is 11.9 Å². The van der Waals surface area contributed by atoms with Crippen molar-refractivity contribution in [2.45, 2.75) is 57.5 Å². The zero-order valence-electron chi connectivity index (χ0n) is 13.9. The molecule has 5 nitrogen and oxygen atoms in total. The molecule has 1 aromatic rings. The molecule has 0 spiro atoms. The van der Waals surface area contributed by atoms with Crippen molar-refractivity contribution in [1.82, 2.24) is 10.6 Å². The van der Waals surface area contributed by atoms with Gasteiger partial charge in [-0.3, -0.25) is 10.1 Å². The molecule has 1 fully saturated rings. The second kappa shape index (κ2) is 9.30. The highest BCUT2D eigenvalue weighted by Crippen LogP contribution is 2.17. The third kappa shape index (κ3) is 6.40. The van der Waals surface area contributed by atoms with Crippen LogP contribution in [0.2, 0.25) is 0 Å². The lowest BCUT2D eigenvalue weighted by atomic mass is 9.96. The molecule has 23 heavy (non-hydrogen) atoms. The van der Waals surface area contributed by atoms with Gasteiger partial charge in [0.25, 0.3) is 5.91 Å². The van der Waals surface area contributed by atoms with Crippen LogP contribution in [-0.2, 0) is 11.2 Å². The van der Waals surface area contributed by atoms with Gasteiger partial charge in [-0.15, -0.1) is 0 Å². The van der Waals surface area contributed by atoms with Crippen molar-refractivity contribution in [3.63, 3.8) is 0 Å². The molecule has 1 atom stereocenters. The predicted molar refractivity (Wildman–Crippen MR) is 89.9 cm³/mol. The fraction of sp³-hybridized carbons (Fsp3) is 0.556. The molecule has 0 bridgehead atoms. The van der Waals surface area contributed by atoms with E-state index in [0.29, 0.717) is 0 Å². The number of urea groups is 1. The predicted octanol–water partition coefficient (Wildman–Crippen LogP) is 1.34. The van der Waals surface area contributed by atoms with E-state index in [9.17, 15) is 9.59 Å². The summed E-state index contributed by atoms with van der Waals surface area (Å²) < 4.78 is 0. The number of nitrogens with one attached hydrogen (secondary N) is 2. The Bertz CT molecular complexity index is 498. The summed E-state index contributed by atoms with van der Waals surface area (Å²) in [6.45, 7) is 2.65. The second-order valence-electron chi connectivity index (χ2n) is 6.35. The molecule has 0 saturated heterocycles. The fourth-order valence-corrected chi connectivity index (χ4v) is 2.95. The largest absolute Gasteiger partial charge is 0.336 e. The number of amides is 3. The molecule has 5 heteroatoms. The summed E-state index contributed by atoms with van der Waals surface area (Å²) in [6, 6.07) is 9.78. The van der Waals surface area contributed by atoms with Crippen LogP contribution >= 0.6 is 0 Å². The SMILES string of the molecule is C[C@H]([NH2+]CCc1ccccc1)C(=O)NC(=O)NC1CCCCC1. The lowest BCUT2D eigenvalue weighted by Crippen LogP contribution is -2.92. The highest BCUT2D eigenvalue weighted by atomic mass is 16.2. The van der Waals surface area contributed by atoms with E-state index in [4.69, 9.17) is 0 Å².